The number of nitrogens with one attached hydrogen (secondary N) is 2. The summed E-state index contributed by atoms with van der Waals surface area (Å²) in [6, 6.07) is 8.46. The molecule has 190 valence electrons. The van der Waals surface area contributed by atoms with Crippen molar-refractivity contribution in [3.8, 4) is 5.88 Å². The largest absolute Gasteiger partial charge is 0.480 e. The summed E-state index contributed by atoms with van der Waals surface area (Å²) in [6.07, 6.45) is 3.47. The Labute approximate surface area is 205 Å². The van der Waals surface area contributed by atoms with Crippen LogP contribution in [0.2, 0.25) is 0 Å². The van der Waals surface area contributed by atoms with E-state index in [1.54, 1.807) is 43.6 Å². The molecule has 1 aliphatic rings. The summed E-state index contributed by atoms with van der Waals surface area (Å²) in [5.74, 6) is 0.256. The Bertz CT molecular complexity index is 996. The number of nitrogens with zero attached hydrogens (tertiary/aromatic N) is 2. The molecule has 1 aromatic heterocycles. The maximum absolute atomic E-state index is 10.5. The molecule has 3 rings (SSSR count). The summed E-state index contributed by atoms with van der Waals surface area (Å²) >= 11 is 0. The standard InChI is InChI=1S/C16H18N4O2.C9H17NO3/c1-10(2)22-15-6-3-11(8-19-15)16(18)13-7-12(20-9-21)4-5-14(13)17;1-7(13-2)8-3-4-10(5-8)6-9(11)12/h3-10,18H,17H2,1-2H3,(H,20,21);7-8H,3-6H2,1-2H3,(H,11,12)/t;7-,8?/m.1/s1. The van der Waals surface area contributed by atoms with E-state index in [1.165, 1.54) is 0 Å². The zero-order chi connectivity index (χ0) is 26.0. The number of aromatic nitrogens is 1. The molecule has 1 aliphatic heterocycles. The third-order valence-corrected chi connectivity index (χ3v) is 5.63. The van der Waals surface area contributed by atoms with Gasteiger partial charge in [-0.25, -0.2) is 4.98 Å². The van der Waals surface area contributed by atoms with Crippen LogP contribution >= 0.6 is 0 Å². The average Bonchev–Trinajstić information content (AvgIpc) is 3.28. The van der Waals surface area contributed by atoms with Crippen LogP contribution in [-0.4, -0.2) is 72.0 Å². The highest BCUT2D eigenvalue weighted by Crippen LogP contribution is 2.22. The van der Waals surface area contributed by atoms with E-state index in [1.807, 2.05) is 25.7 Å². The zero-order valence-electron chi connectivity index (χ0n) is 20.7. The minimum atomic E-state index is -0.745. The molecule has 0 radical (unpaired) electrons. The molecule has 1 fully saturated rings. The molecule has 0 bridgehead atoms. The van der Waals surface area contributed by atoms with E-state index >= 15 is 0 Å². The van der Waals surface area contributed by atoms with Crippen LogP contribution in [-0.2, 0) is 14.3 Å². The summed E-state index contributed by atoms with van der Waals surface area (Å²) in [7, 11) is 1.70. The van der Waals surface area contributed by atoms with Crippen LogP contribution in [0.3, 0.4) is 0 Å². The Kier molecular flexibility index (Phi) is 10.6. The minimum Gasteiger partial charge on any atom is -0.480 e. The van der Waals surface area contributed by atoms with Gasteiger partial charge < -0.3 is 25.6 Å². The lowest BCUT2D eigenvalue weighted by molar-refractivity contribution is -0.138. The van der Waals surface area contributed by atoms with E-state index in [2.05, 4.69) is 10.3 Å². The van der Waals surface area contributed by atoms with E-state index < -0.39 is 5.97 Å². The average molecular weight is 486 g/mol. The first kappa shape index (κ1) is 27.7. The van der Waals surface area contributed by atoms with Crippen molar-refractivity contribution >= 4 is 29.5 Å². The number of rotatable bonds is 10. The van der Waals surface area contributed by atoms with Crippen LogP contribution in [0.1, 0.15) is 38.3 Å². The molecule has 1 amide bonds. The van der Waals surface area contributed by atoms with Gasteiger partial charge in [-0.2, -0.15) is 0 Å². The second-order valence-corrected chi connectivity index (χ2v) is 8.61. The van der Waals surface area contributed by atoms with Crippen molar-refractivity contribution in [3.05, 3.63) is 47.7 Å². The summed E-state index contributed by atoms with van der Waals surface area (Å²) in [4.78, 5) is 27.1. The van der Waals surface area contributed by atoms with Gasteiger partial charge in [0.25, 0.3) is 0 Å². The number of pyridine rings is 1. The van der Waals surface area contributed by atoms with Gasteiger partial charge >= 0.3 is 5.97 Å². The Morgan fingerprint density at radius 2 is 2.09 bits per heavy atom. The number of amides is 1. The summed E-state index contributed by atoms with van der Waals surface area (Å²) in [6.45, 7) is 7.77. The zero-order valence-corrected chi connectivity index (χ0v) is 20.7. The number of nitrogen functional groups attached to an aromatic ring is 1. The van der Waals surface area contributed by atoms with E-state index in [0.29, 0.717) is 40.7 Å². The van der Waals surface area contributed by atoms with E-state index in [-0.39, 0.29) is 24.5 Å². The number of anilines is 2. The molecule has 0 spiro atoms. The highest BCUT2D eigenvalue weighted by molar-refractivity contribution is 6.14. The second kappa shape index (κ2) is 13.4. The number of carbonyl (C=O) groups is 2. The van der Waals surface area contributed by atoms with Gasteiger partial charge in [-0.3, -0.25) is 19.9 Å². The van der Waals surface area contributed by atoms with Gasteiger partial charge in [0.15, 0.2) is 0 Å². The first-order valence-corrected chi connectivity index (χ1v) is 11.4. The third kappa shape index (κ3) is 8.66. The van der Waals surface area contributed by atoms with E-state index in [9.17, 15) is 9.59 Å². The van der Waals surface area contributed by atoms with Crippen molar-refractivity contribution in [3.63, 3.8) is 0 Å². The Morgan fingerprint density at radius 3 is 2.66 bits per heavy atom. The van der Waals surface area contributed by atoms with Gasteiger partial charge in [0, 0.05) is 48.4 Å². The lowest BCUT2D eigenvalue weighted by Gasteiger charge is -2.18. The van der Waals surface area contributed by atoms with Gasteiger partial charge in [-0.05, 0) is 63.9 Å². The molecule has 5 N–H and O–H groups in total. The summed E-state index contributed by atoms with van der Waals surface area (Å²) < 4.78 is 10.7. The smallest absolute Gasteiger partial charge is 0.317 e. The summed E-state index contributed by atoms with van der Waals surface area (Å²) in [5, 5.41) is 19.4. The predicted molar refractivity (Wildman–Crippen MR) is 135 cm³/mol. The van der Waals surface area contributed by atoms with E-state index in [0.717, 1.165) is 19.5 Å². The predicted octanol–water partition coefficient (Wildman–Crippen LogP) is 2.86. The van der Waals surface area contributed by atoms with Crippen molar-refractivity contribution in [2.45, 2.75) is 39.4 Å². The first-order valence-electron chi connectivity index (χ1n) is 11.4. The molecule has 35 heavy (non-hydrogen) atoms. The highest BCUT2D eigenvalue weighted by atomic mass is 16.5. The summed E-state index contributed by atoms with van der Waals surface area (Å²) in [5.41, 5.74) is 8.34. The Balaban J connectivity index is 0.000000283. The van der Waals surface area contributed by atoms with Crippen LogP contribution in [0.5, 0.6) is 5.88 Å². The fraction of sp³-hybridized carbons (Fsp3) is 0.440. The lowest BCUT2D eigenvalue weighted by atomic mass is 10.0. The molecule has 2 aromatic rings. The van der Waals surface area contributed by atoms with Gasteiger partial charge in [0.1, 0.15) is 0 Å². The van der Waals surface area contributed by atoms with Gasteiger partial charge in [-0.1, -0.05) is 0 Å². The molecule has 2 heterocycles. The monoisotopic (exact) mass is 485 g/mol. The normalized spacial score (nSPS) is 16.2. The molecule has 1 aromatic carbocycles. The molecule has 0 saturated carbocycles. The number of carboxylic acids is 1. The quantitative estimate of drug-likeness (QED) is 0.228. The van der Waals surface area contributed by atoms with Gasteiger partial charge in [-0.15, -0.1) is 0 Å². The van der Waals surface area contributed by atoms with E-state index in [4.69, 9.17) is 25.7 Å². The Hall–Kier alpha value is -3.50. The number of carboxylic acid groups (broad SMARTS) is 1. The van der Waals surface area contributed by atoms with Crippen LogP contribution in [0.15, 0.2) is 36.5 Å². The molecule has 10 heteroatoms. The van der Waals surface area contributed by atoms with Crippen LogP contribution in [0, 0.1) is 11.3 Å². The number of nitrogens with two attached hydrogens (primary N) is 1. The number of hydrogen-bond donors (Lipinski definition) is 4. The van der Waals surface area contributed by atoms with Crippen molar-refractivity contribution in [2.24, 2.45) is 5.92 Å². The number of hydrogen-bond acceptors (Lipinski definition) is 8. The number of benzene rings is 1. The van der Waals surface area contributed by atoms with Crippen LogP contribution < -0.4 is 15.8 Å². The minimum absolute atomic E-state index is 0.0412. The van der Waals surface area contributed by atoms with Crippen molar-refractivity contribution in [1.29, 1.82) is 5.41 Å². The molecule has 1 unspecified atom stereocenters. The first-order chi connectivity index (χ1) is 16.6. The maximum Gasteiger partial charge on any atom is 0.317 e. The van der Waals surface area contributed by atoms with Crippen molar-refractivity contribution in [2.75, 3.05) is 37.8 Å². The Morgan fingerprint density at radius 1 is 1.34 bits per heavy atom. The number of carbonyl (C=O) groups excluding carboxylic acids is 1. The second-order valence-electron chi connectivity index (χ2n) is 8.61. The molecule has 1 saturated heterocycles. The highest BCUT2D eigenvalue weighted by Gasteiger charge is 2.27. The molecular weight excluding hydrogens is 450 g/mol. The fourth-order valence-corrected chi connectivity index (χ4v) is 3.70. The number of likely N-dealkylation sites (tertiary alicyclic amines) is 1. The topological polar surface area (TPSA) is 151 Å². The molecular formula is C25H35N5O5. The van der Waals surface area contributed by atoms with Crippen LogP contribution in [0.25, 0.3) is 0 Å². The molecule has 10 nitrogen and oxygen atoms in total. The third-order valence-electron chi connectivity index (χ3n) is 5.63. The number of ether oxygens (including phenoxy) is 2. The van der Waals surface area contributed by atoms with Gasteiger partial charge in [0.2, 0.25) is 12.3 Å². The maximum atomic E-state index is 10.5. The van der Waals surface area contributed by atoms with Crippen LogP contribution in [0.4, 0.5) is 11.4 Å². The number of methoxy groups -OCH3 is 1. The van der Waals surface area contributed by atoms with Crippen molar-refractivity contribution < 1.29 is 24.2 Å². The number of aliphatic carboxylic acids is 1. The van der Waals surface area contributed by atoms with Gasteiger partial charge in [0.05, 0.1) is 24.5 Å². The van der Waals surface area contributed by atoms with Crippen molar-refractivity contribution in [1.82, 2.24) is 9.88 Å². The SMILES string of the molecule is CC(C)Oc1ccc(C(=N)c2cc(NC=O)ccc2N)cn1.CO[C@H](C)C1CCN(CC(=O)O)C1. The fourth-order valence-electron chi connectivity index (χ4n) is 3.70. The molecule has 2 atom stereocenters. The molecule has 0 aliphatic carbocycles. The lowest BCUT2D eigenvalue weighted by Crippen LogP contribution is -2.29.